The van der Waals surface area contributed by atoms with E-state index < -0.39 is 10.0 Å². The summed E-state index contributed by atoms with van der Waals surface area (Å²) in [7, 11) is -3.52. The molecule has 1 aromatic carbocycles. The molecule has 0 saturated carbocycles. The Balaban J connectivity index is 0.00000200. The molecule has 0 bridgehead atoms. The lowest BCUT2D eigenvalue weighted by Gasteiger charge is -2.30. The fraction of sp³-hybridized carbons (Fsp3) is 0.462. The van der Waals surface area contributed by atoms with Crippen molar-refractivity contribution in [3.05, 3.63) is 29.8 Å². The Morgan fingerprint density at radius 2 is 2.00 bits per heavy atom. The van der Waals surface area contributed by atoms with Gasteiger partial charge >= 0.3 is 0 Å². The number of nitrogens with one attached hydrogen (secondary N) is 2. The quantitative estimate of drug-likeness (QED) is 0.883. The highest BCUT2D eigenvalue weighted by Gasteiger charge is 2.26. The van der Waals surface area contributed by atoms with Crippen LogP contribution in [0.2, 0.25) is 0 Å². The Labute approximate surface area is 125 Å². The zero-order valence-corrected chi connectivity index (χ0v) is 12.8. The van der Waals surface area contributed by atoms with Crippen molar-refractivity contribution in [2.45, 2.75) is 36.7 Å². The molecule has 0 radical (unpaired) electrons. The van der Waals surface area contributed by atoms with Gasteiger partial charge in [0.2, 0.25) is 10.0 Å². The summed E-state index contributed by atoms with van der Waals surface area (Å²) in [6.45, 7) is 2.90. The number of sulfonamides is 1. The van der Waals surface area contributed by atoms with Gasteiger partial charge in [-0.2, -0.15) is 5.26 Å². The molecule has 2 rings (SSSR count). The number of piperidine rings is 1. The molecule has 2 atom stereocenters. The molecule has 20 heavy (non-hydrogen) atoms. The summed E-state index contributed by atoms with van der Waals surface area (Å²) >= 11 is 0. The van der Waals surface area contributed by atoms with Crippen LogP contribution in [0.5, 0.6) is 0 Å². The summed E-state index contributed by atoms with van der Waals surface area (Å²) in [6, 6.07) is 7.95. The third kappa shape index (κ3) is 3.93. The van der Waals surface area contributed by atoms with Crippen molar-refractivity contribution in [3.8, 4) is 6.07 Å². The number of nitriles is 1. The van der Waals surface area contributed by atoms with Crippen molar-refractivity contribution in [2.24, 2.45) is 0 Å². The monoisotopic (exact) mass is 315 g/mol. The first kappa shape index (κ1) is 16.9. The Morgan fingerprint density at radius 1 is 1.35 bits per heavy atom. The van der Waals surface area contributed by atoms with E-state index in [0.29, 0.717) is 5.56 Å². The summed E-state index contributed by atoms with van der Waals surface area (Å²) in [5.74, 6) is 0. The molecule has 0 aromatic heterocycles. The molecule has 2 unspecified atom stereocenters. The van der Waals surface area contributed by atoms with E-state index in [1.807, 2.05) is 13.0 Å². The molecule has 7 heteroatoms. The highest BCUT2D eigenvalue weighted by Crippen LogP contribution is 2.14. The second-order valence-corrected chi connectivity index (χ2v) is 6.46. The number of rotatable bonds is 3. The van der Waals surface area contributed by atoms with Crippen LogP contribution in [0.3, 0.4) is 0 Å². The lowest BCUT2D eigenvalue weighted by Crippen LogP contribution is -2.51. The molecule has 1 aliphatic heterocycles. The smallest absolute Gasteiger partial charge is 0.240 e. The molecular formula is C13H18ClN3O2S. The molecule has 110 valence electrons. The largest absolute Gasteiger partial charge is 0.313 e. The number of halogens is 1. The van der Waals surface area contributed by atoms with Crippen LogP contribution >= 0.6 is 12.4 Å². The predicted molar refractivity (Wildman–Crippen MR) is 79.2 cm³/mol. The number of hydrogen-bond donors (Lipinski definition) is 2. The van der Waals surface area contributed by atoms with Crippen LogP contribution in [-0.2, 0) is 10.0 Å². The SMILES string of the molecule is CC1NCCCC1NS(=O)(=O)c1ccc(C#N)cc1.Cl. The average molecular weight is 316 g/mol. The summed E-state index contributed by atoms with van der Waals surface area (Å²) in [5, 5.41) is 12.0. The minimum atomic E-state index is -3.52. The van der Waals surface area contributed by atoms with Crippen LogP contribution in [0.1, 0.15) is 25.3 Å². The van der Waals surface area contributed by atoms with Crippen LogP contribution in [0.15, 0.2) is 29.2 Å². The molecule has 0 amide bonds. The maximum absolute atomic E-state index is 12.2. The summed E-state index contributed by atoms with van der Waals surface area (Å²) in [4.78, 5) is 0.198. The summed E-state index contributed by atoms with van der Waals surface area (Å²) in [5.41, 5.74) is 0.451. The normalized spacial score (nSPS) is 22.6. The fourth-order valence-corrected chi connectivity index (χ4v) is 3.53. The molecular weight excluding hydrogens is 298 g/mol. The third-order valence-corrected chi connectivity index (χ3v) is 4.87. The van der Waals surface area contributed by atoms with E-state index in [0.717, 1.165) is 19.4 Å². The molecule has 1 fully saturated rings. The molecule has 2 N–H and O–H groups in total. The zero-order valence-electron chi connectivity index (χ0n) is 11.2. The lowest BCUT2D eigenvalue weighted by molar-refractivity contribution is 0.349. The Kier molecular flexibility index (Phi) is 5.96. The standard InChI is InChI=1S/C13H17N3O2S.ClH/c1-10-13(3-2-8-15-10)16-19(17,18)12-6-4-11(9-14)5-7-12;/h4-7,10,13,15-16H,2-3,8H2,1H3;1H. The number of nitrogens with zero attached hydrogens (tertiary/aromatic N) is 1. The maximum atomic E-state index is 12.2. The van der Waals surface area contributed by atoms with Gasteiger partial charge in [-0.15, -0.1) is 12.4 Å². The van der Waals surface area contributed by atoms with Gasteiger partial charge in [0.05, 0.1) is 16.5 Å². The van der Waals surface area contributed by atoms with Gasteiger partial charge in [-0.3, -0.25) is 0 Å². The minimum Gasteiger partial charge on any atom is -0.313 e. The maximum Gasteiger partial charge on any atom is 0.240 e. The lowest BCUT2D eigenvalue weighted by atomic mass is 10.0. The summed E-state index contributed by atoms with van der Waals surface area (Å²) in [6.07, 6.45) is 1.80. The van der Waals surface area contributed by atoms with Gasteiger partial charge in [-0.1, -0.05) is 0 Å². The number of benzene rings is 1. The average Bonchev–Trinajstić information content (AvgIpc) is 2.41. The van der Waals surface area contributed by atoms with E-state index in [1.54, 1.807) is 0 Å². The van der Waals surface area contributed by atoms with Crippen molar-refractivity contribution in [3.63, 3.8) is 0 Å². The highest BCUT2D eigenvalue weighted by atomic mass is 35.5. The zero-order chi connectivity index (χ0) is 13.9. The van der Waals surface area contributed by atoms with Crippen molar-refractivity contribution in [1.82, 2.24) is 10.0 Å². The van der Waals surface area contributed by atoms with Crippen LogP contribution in [0.25, 0.3) is 0 Å². The third-order valence-electron chi connectivity index (χ3n) is 3.36. The number of hydrogen-bond acceptors (Lipinski definition) is 4. The van der Waals surface area contributed by atoms with E-state index in [2.05, 4.69) is 10.0 Å². The Hall–Kier alpha value is -1.13. The van der Waals surface area contributed by atoms with Gasteiger partial charge in [0, 0.05) is 12.1 Å². The Bertz CT molecular complexity index is 581. The van der Waals surface area contributed by atoms with Crippen molar-refractivity contribution in [2.75, 3.05) is 6.54 Å². The molecule has 0 aliphatic carbocycles. The van der Waals surface area contributed by atoms with Gasteiger partial charge in [0.25, 0.3) is 0 Å². The van der Waals surface area contributed by atoms with Crippen LogP contribution in [0, 0.1) is 11.3 Å². The Morgan fingerprint density at radius 3 is 2.55 bits per heavy atom. The van der Waals surface area contributed by atoms with E-state index in [-0.39, 0.29) is 29.4 Å². The van der Waals surface area contributed by atoms with Gasteiger partial charge < -0.3 is 5.32 Å². The van der Waals surface area contributed by atoms with Gasteiger partial charge in [0.1, 0.15) is 0 Å². The first-order valence-corrected chi connectivity index (χ1v) is 7.77. The molecule has 1 aliphatic rings. The van der Waals surface area contributed by atoms with Crippen LogP contribution < -0.4 is 10.0 Å². The van der Waals surface area contributed by atoms with Crippen molar-refractivity contribution >= 4 is 22.4 Å². The second-order valence-electron chi connectivity index (χ2n) is 4.75. The van der Waals surface area contributed by atoms with Crippen LogP contribution in [0.4, 0.5) is 0 Å². The molecule has 1 heterocycles. The second kappa shape index (κ2) is 7.04. The van der Waals surface area contributed by atoms with E-state index in [9.17, 15) is 8.42 Å². The van der Waals surface area contributed by atoms with Gasteiger partial charge in [-0.25, -0.2) is 13.1 Å². The highest BCUT2D eigenvalue weighted by molar-refractivity contribution is 7.89. The fourth-order valence-electron chi connectivity index (χ4n) is 2.18. The van der Waals surface area contributed by atoms with Crippen molar-refractivity contribution < 1.29 is 8.42 Å². The minimum absolute atomic E-state index is 0. The molecule has 0 spiro atoms. The van der Waals surface area contributed by atoms with Crippen LogP contribution in [-0.4, -0.2) is 27.0 Å². The first-order valence-electron chi connectivity index (χ1n) is 6.29. The molecule has 1 aromatic rings. The molecule has 1 saturated heterocycles. The summed E-state index contributed by atoms with van der Waals surface area (Å²) < 4.78 is 27.2. The van der Waals surface area contributed by atoms with Gasteiger partial charge in [-0.05, 0) is 50.6 Å². The van der Waals surface area contributed by atoms with E-state index in [4.69, 9.17) is 5.26 Å². The van der Waals surface area contributed by atoms with Gasteiger partial charge in [0.15, 0.2) is 0 Å². The predicted octanol–water partition coefficient (Wildman–Crippen LogP) is 1.40. The molecule has 5 nitrogen and oxygen atoms in total. The topological polar surface area (TPSA) is 82.0 Å². The van der Waals surface area contributed by atoms with Crippen molar-refractivity contribution in [1.29, 1.82) is 5.26 Å². The van der Waals surface area contributed by atoms with E-state index >= 15 is 0 Å². The van der Waals surface area contributed by atoms with E-state index in [1.165, 1.54) is 24.3 Å². The first-order chi connectivity index (χ1) is 9.03.